The summed E-state index contributed by atoms with van der Waals surface area (Å²) in [7, 11) is 1.38. The maximum atomic E-state index is 14.1. The number of esters is 2. The van der Waals surface area contributed by atoms with E-state index in [1.54, 1.807) is 37.3 Å². The molecule has 0 amide bonds. The maximum Gasteiger partial charge on any atom is 0.361 e. The van der Waals surface area contributed by atoms with E-state index in [-0.39, 0.29) is 30.4 Å². The van der Waals surface area contributed by atoms with Crippen LogP contribution in [0.1, 0.15) is 78.7 Å². The Morgan fingerprint density at radius 1 is 1.10 bits per heavy atom. The van der Waals surface area contributed by atoms with Crippen LogP contribution >= 0.6 is 0 Å². The molecule has 1 aliphatic carbocycles. The Balaban J connectivity index is 1.39. The molecule has 282 valence electrons. The molecular weight excluding hydrogens is 666 g/mol. The van der Waals surface area contributed by atoms with Crippen molar-refractivity contribution in [3.63, 3.8) is 0 Å². The minimum absolute atomic E-state index is 0.00166. The number of rotatable bonds is 5. The largest absolute Gasteiger partial charge is 0.462 e. The van der Waals surface area contributed by atoms with Gasteiger partial charge in [-0.05, 0) is 55.7 Å². The van der Waals surface area contributed by atoms with Crippen LogP contribution in [0.15, 0.2) is 82.6 Å². The highest BCUT2D eigenvalue weighted by molar-refractivity contribution is 6.43. The molecule has 1 aromatic rings. The molecule has 0 saturated carbocycles. The Hall–Kier alpha value is -3.61. The predicted molar refractivity (Wildman–Crippen MR) is 193 cm³/mol. The molecule has 52 heavy (non-hydrogen) atoms. The molecule has 5 aliphatic rings. The normalized spacial score (nSPS) is 38.4. The third-order valence-electron chi connectivity index (χ3n) is 11.4. The van der Waals surface area contributed by atoms with E-state index in [4.69, 9.17) is 28.5 Å². The van der Waals surface area contributed by atoms with Gasteiger partial charge in [-0.3, -0.25) is 4.79 Å². The number of aliphatic hydroxyl groups excluding tert-OH is 1. The topological polar surface area (TPSA) is 142 Å². The van der Waals surface area contributed by atoms with Crippen molar-refractivity contribution in [1.82, 2.24) is 0 Å². The van der Waals surface area contributed by atoms with Crippen molar-refractivity contribution < 1.29 is 48.3 Å². The van der Waals surface area contributed by atoms with E-state index in [0.717, 1.165) is 18.4 Å². The number of carbonyl (C=O) groups excluding carboxylic acids is 2. The van der Waals surface area contributed by atoms with E-state index in [1.165, 1.54) is 7.11 Å². The highest BCUT2D eigenvalue weighted by Gasteiger charge is 2.60. The van der Waals surface area contributed by atoms with Gasteiger partial charge in [0.25, 0.3) is 0 Å². The molecule has 11 nitrogen and oxygen atoms in total. The zero-order chi connectivity index (χ0) is 37.2. The molecular formula is C41H53NO10. The molecule has 3 saturated heterocycles. The fourth-order valence-electron chi connectivity index (χ4n) is 8.43. The summed E-state index contributed by atoms with van der Waals surface area (Å²) in [6.45, 7) is 9.88. The molecule has 6 rings (SSSR count). The summed E-state index contributed by atoms with van der Waals surface area (Å²) in [4.78, 5) is 32.9. The van der Waals surface area contributed by atoms with Gasteiger partial charge in [0.15, 0.2) is 11.5 Å². The first kappa shape index (κ1) is 38.1. The summed E-state index contributed by atoms with van der Waals surface area (Å²) in [5.74, 6) is -3.24. The van der Waals surface area contributed by atoms with Crippen molar-refractivity contribution >= 4 is 17.7 Å². The second kappa shape index (κ2) is 15.8. The number of oxime groups is 1. The van der Waals surface area contributed by atoms with E-state index in [1.807, 2.05) is 44.2 Å². The molecule has 3 fully saturated rings. The van der Waals surface area contributed by atoms with E-state index in [2.05, 4.69) is 19.0 Å². The Morgan fingerprint density at radius 2 is 1.87 bits per heavy atom. The fourth-order valence-corrected chi connectivity index (χ4v) is 8.43. The van der Waals surface area contributed by atoms with Crippen molar-refractivity contribution in [2.45, 2.75) is 121 Å². The van der Waals surface area contributed by atoms with Crippen LogP contribution in [0, 0.1) is 17.8 Å². The third kappa shape index (κ3) is 7.57. The van der Waals surface area contributed by atoms with Crippen LogP contribution in [-0.4, -0.2) is 89.6 Å². The monoisotopic (exact) mass is 719 g/mol. The lowest BCUT2D eigenvalue weighted by Crippen LogP contribution is -2.58. The summed E-state index contributed by atoms with van der Waals surface area (Å²) in [6, 6.07) is 9.00. The Bertz CT molecular complexity index is 1630. The van der Waals surface area contributed by atoms with Gasteiger partial charge in [-0.15, -0.1) is 0 Å². The molecule has 0 radical (unpaired) electrons. The van der Waals surface area contributed by atoms with Crippen molar-refractivity contribution in [2.75, 3.05) is 13.7 Å². The van der Waals surface area contributed by atoms with Crippen molar-refractivity contribution in [3.05, 3.63) is 83.0 Å². The van der Waals surface area contributed by atoms with E-state index < -0.39 is 53.7 Å². The number of hydrogen-bond acceptors (Lipinski definition) is 11. The summed E-state index contributed by atoms with van der Waals surface area (Å²) >= 11 is 0. The Labute approximate surface area is 306 Å². The lowest BCUT2D eigenvalue weighted by atomic mass is 9.71. The van der Waals surface area contributed by atoms with Gasteiger partial charge >= 0.3 is 11.9 Å². The molecule has 1 aromatic carbocycles. The minimum Gasteiger partial charge on any atom is -0.462 e. The van der Waals surface area contributed by atoms with Crippen LogP contribution in [0.3, 0.4) is 0 Å². The number of aliphatic hydroxyl groups is 2. The second-order valence-electron chi connectivity index (χ2n) is 15.1. The zero-order valence-corrected chi connectivity index (χ0v) is 31.0. The Morgan fingerprint density at radius 3 is 2.60 bits per heavy atom. The predicted octanol–water partition coefficient (Wildman–Crippen LogP) is 5.50. The third-order valence-corrected chi connectivity index (χ3v) is 11.4. The van der Waals surface area contributed by atoms with Crippen LogP contribution in [0.5, 0.6) is 0 Å². The number of nitrogens with zero attached hydrogens (tertiary/aromatic N) is 1. The lowest BCUT2D eigenvalue weighted by Gasteiger charge is -2.50. The molecule has 0 aromatic heterocycles. The molecule has 11 heteroatoms. The van der Waals surface area contributed by atoms with Crippen LogP contribution in [0.4, 0.5) is 0 Å². The quantitative estimate of drug-likeness (QED) is 0.174. The average Bonchev–Trinajstić information content (AvgIpc) is 3.47. The Kier molecular flexibility index (Phi) is 11.6. The van der Waals surface area contributed by atoms with Gasteiger partial charge in [-0.2, -0.15) is 0 Å². The molecule has 0 unspecified atom stereocenters. The second-order valence-corrected chi connectivity index (χ2v) is 15.1. The highest BCUT2D eigenvalue weighted by Crippen LogP contribution is 2.47. The molecule has 1 spiro atoms. The molecule has 2 N–H and O–H groups in total. The number of benzene rings is 1. The lowest BCUT2D eigenvalue weighted by molar-refractivity contribution is -0.335. The van der Waals surface area contributed by atoms with Gasteiger partial charge < -0.3 is 38.7 Å². The summed E-state index contributed by atoms with van der Waals surface area (Å²) in [5.41, 5.74) is 0.535. The van der Waals surface area contributed by atoms with E-state index in [9.17, 15) is 19.8 Å². The van der Waals surface area contributed by atoms with Gasteiger partial charge in [-0.1, -0.05) is 86.6 Å². The first-order valence-electron chi connectivity index (χ1n) is 18.6. The first-order valence-corrected chi connectivity index (χ1v) is 18.6. The van der Waals surface area contributed by atoms with E-state index in [0.29, 0.717) is 48.3 Å². The molecule has 4 aliphatic heterocycles. The average molecular weight is 720 g/mol. The van der Waals surface area contributed by atoms with Crippen molar-refractivity contribution in [3.8, 4) is 0 Å². The van der Waals surface area contributed by atoms with E-state index >= 15 is 0 Å². The first-order chi connectivity index (χ1) is 24.9. The van der Waals surface area contributed by atoms with Gasteiger partial charge in [-0.25, -0.2) is 4.79 Å². The standard InChI is InChI=1S/C41H53NO10/c1-7-33-24(2)18-19-40(52-33)22-31-21-30(51-40)17-16-26(4)36(50-39(45)34(42-47-6)28-13-9-8-10-14-28)25(3)12-11-15-29-23-48-37-35(43)27(5)20-32(38(44)49-31)41(29,37)46/h8-16,20,24-25,30-33,35-37,43,46H,7,17-19,21-23H2,1-6H3/t24-,25-,30+,31-,32-,33+,35+,36+,37+,40+,41+/m0/s1. The molecule has 2 bridgehead atoms. The molecule has 4 heterocycles. The van der Waals surface area contributed by atoms with Crippen LogP contribution in [0.2, 0.25) is 0 Å². The summed E-state index contributed by atoms with van der Waals surface area (Å²) in [6.07, 6.45) is 8.81. The van der Waals surface area contributed by atoms with Gasteiger partial charge in [0.2, 0.25) is 0 Å². The van der Waals surface area contributed by atoms with Gasteiger partial charge in [0.1, 0.15) is 43.0 Å². The SMILES string of the molecule is CC[C@H]1O[C@]2(CC[C@@H]1C)C[C@@H]1C[C@@H](CC=C(C)[C@H](OC(=O)C(=NOC)c3ccccc3)[C@@H](C)C=CC=C3CO[C@@H]4[C@H](O)C(C)=C[C@@H](C(=O)O1)[C@]34O)O2. The zero-order valence-electron chi connectivity index (χ0n) is 31.0. The number of allylic oxidation sites excluding steroid dienone is 2. The molecule has 11 atom stereocenters. The fraction of sp³-hybridized carbons (Fsp3) is 0.585. The maximum absolute atomic E-state index is 14.1. The van der Waals surface area contributed by atoms with Crippen molar-refractivity contribution in [1.29, 1.82) is 0 Å². The van der Waals surface area contributed by atoms with Crippen LogP contribution in [-0.2, 0) is 38.1 Å². The number of ether oxygens (including phenoxy) is 5. The number of fused-ring (bicyclic) bond motifs is 2. The highest BCUT2D eigenvalue weighted by atomic mass is 16.7. The summed E-state index contributed by atoms with van der Waals surface area (Å²) in [5, 5.41) is 27.4. The van der Waals surface area contributed by atoms with Crippen molar-refractivity contribution in [2.24, 2.45) is 22.9 Å². The van der Waals surface area contributed by atoms with Crippen LogP contribution < -0.4 is 0 Å². The van der Waals surface area contributed by atoms with Crippen LogP contribution in [0.25, 0.3) is 0 Å². The number of carbonyl (C=O) groups is 2. The number of hydrogen-bond donors (Lipinski definition) is 2. The van der Waals surface area contributed by atoms with Gasteiger partial charge in [0.05, 0.1) is 18.8 Å². The smallest absolute Gasteiger partial charge is 0.361 e. The minimum atomic E-state index is -1.84. The summed E-state index contributed by atoms with van der Waals surface area (Å²) < 4.78 is 32.0. The van der Waals surface area contributed by atoms with Gasteiger partial charge in [0, 0.05) is 30.7 Å².